The van der Waals surface area contributed by atoms with Crippen molar-refractivity contribution in [3.63, 3.8) is 0 Å². The second kappa shape index (κ2) is 5.94. The van der Waals surface area contributed by atoms with Gasteiger partial charge in [-0.05, 0) is 42.3 Å². The van der Waals surface area contributed by atoms with E-state index in [1.54, 1.807) is 25.1 Å². The van der Waals surface area contributed by atoms with Gasteiger partial charge in [0, 0.05) is 0 Å². The first-order chi connectivity index (χ1) is 9.92. The van der Waals surface area contributed by atoms with Gasteiger partial charge in [0.25, 0.3) is 10.0 Å². The van der Waals surface area contributed by atoms with Gasteiger partial charge in [-0.15, -0.1) is 0 Å². The summed E-state index contributed by atoms with van der Waals surface area (Å²) in [4.78, 5) is 0.0186. The molecule has 6 heteroatoms. The molecule has 108 valence electrons. The fourth-order valence-electron chi connectivity index (χ4n) is 1.80. The lowest BCUT2D eigenvalue weighted by Gasteiger charge is -2.10. The van der Waals surface area contributed by atoms with Gasteiger partial charge in [-0.1, -0.05) is 18.2 Å². The molecular weight excluding hydrogens is 291 g/mol. The Morgan fingerprint density at radius 1 is 1.19 bits per heavy atom. The zero-order valence-corrected chi connectivity index (χ0v) is 12.1. The number of nitrogens with zero attached hydrogens (tertiary/aromatic N) is 1. The van der Waals surface area contributed by atoms with Crippen LogP contribution in [0.1, 0.15) is 11.1 Å². The first-order valence-electron chi connectivity index (χ1n) is 6.17. The summed E-state index contributed by atoms with van der Waals surface area (Å²) < 4.78 is 40.2. The SMILES string of the molecule is Cc1ccc(F)c(NS(=O)(=O)c2ccc(CC#N)cc2)c1. The molecule has 4 nitrogen and oxygen atoms in total. The fraction of sp³-hybridized carbons (Fsp3) is 0.133. The Balaban J connectivity index is 2.30. The van der Waals surface area contributed by atoms with Gasteiger partial charge >= 0.3 is 0 Å². The minimum absolute atomic E-state index is 0.0186. The van der Waals surface area contributed by atoms with Crippen LogP contribution in [-0.4, -0.2) is 8.42 Å². The van der Waals surface area contributed by atoms with Crippen molar-refractivity contribution >= 4 is 15.7 Å². The van der Waals surface area contributed by atoms with Crippen LogP contribution < -0.4 is 4.72 Å². The lowest BCUT2D eigenvalue weighted by molar-refractivity contribution is 0.598. The van der Waals surface area contributed by atoms with Crippen LogP contribution >= 0.6 is 0 Å². The largest absolute Gasteiger partial charge is 0.277 e. The number of hydrogen-bond acceptors (Lipinski definition) is 3. The molecule has 2 aromatic rings. The molecule has 0 saturated carbocycles. The number of aryl methyl sites for hydroxylation is 1. The Bertz CT molecular complexity index is 793. The number of sulfonamides is 1. The van der Waals surface area contributed by atoms with E-state index < -0.39 is 15.8 Å². The van der Waals surface area contributed by atoms with Crippen LogP contribution in [-0.2, 0) is 16.4 Å². The number of hydrogen-bond donors (Lipinski definition) is 1. The van der Waals surface area contributed by atoms with Gasteiger partial charge in [-0.3, -0.25) is 4.72 Å². The summed E-state index contributed by atoms with van der Waals surface area (Å²) in [5.41, 5.74) is 1.38. The van der Waals surface area contributed by atoms with Gasteiger partial charge in [0.05, 0.1) is 23.1 Å². The molecule has 0 fully saturated rings. The van der Waals surface area contributed by atoms with Crippen molar-refractivity contribution in [1.82, 2.24) is 0 Å². The van der Waals surface area contributed by atoms with E-state index in [4.69, 9.17) is 5.26 Å². The Kier molecular flexibility index (Phi) is 4.24. The molecule has 2 aromatic carbocycles. The predicted molar refractivity (Wildman–Crippen MR) is 77.7 cm³/mol. The molecule has 0 radical (unpaired) electrons. The molecule has 21 heavy (non-hydrogen) atoms. The van der Waals surface area contributed by atoms with Gasteiger partial charge in [-0.25, -0.2) is 12.8 Å². The molecule has 0 aliphatic heterocycles. The van der Waals surface area contributed by atoms with Gasteiger partial charge < -0.3 is 0 Å². The van der Waals surface area contributed by atoms with Crippen LogP contribution in [0, 0.1) is 24.1 Å². The van der Waals surface area contributed by atoms with E-state index in [0.717, 1.165) is 11.1 Å². The van der Waals surface area contributed by atoms with Crippen molar-refractivity contribution in [2.24, 2.45) is 0 Å². The molecule has 2 rings (SSSR count). The minimum atomic E-state index is -3.86. The Morgan fingerprint density at radius 2 is 1.86 bits per heavy atom. The highest BCUT2D eigenvalue weighted by molar-refractivity contribution is 7.92. The number of nitrogens with one attached hydrogen (secondary N) is 1. The summed E-state index contributed by atoms with van der Waals surface area (Å²) in [6.45, 7) is 1.74. The number of benzene rings is 2. The van der Waals surface area contributed by atoms with Crippen molar-refractivity contribution in [2.75, 3.05) is 4.72 Å². The average molecular weight is 304 g/mol. The monoisotopic (exact) mass is 304 g/mol. The van der Waals surface area contributed by atoms with Crippen LogP contribution in [0.4, 0.5) is 10.1 Å². The molecule has 0 aliphatic rings. The summed E-state index contributed by atoms with van der Waals surface area (Å²) in [7, 11) is -3.86. The highest BCUT2D eigenvalue weighted by Crippen LogP contribution is 2.20. The number of anilines is 1. The minimum Gasteiger partial charge on any atom is -0.277 e. The lowest BCUT2D eigenvalue weighted by atomic mass is 10.2. The highest BCUT2D eigenvalue weighted by atomic mass is 32.2. The molecule has 0 bridgehead atoms. The Labute approximate surface area is 122 Å². The van der Waals surface area contributed by atoms with Crippen LogP contribution in [0.25, 0.3) is 0 Å². The standard InChI is InChI=1S/C15H13FN2O2S/c1-11-2-7-14(16)15(10-11)18-21(19,20)13-5-3-12(4-6-13)8-9-17/h2-7,10,18H,8H2,1H3. The van der Waals surface area contributed by atoms with Crippen LogP contribution in [0.2, 0.25) is 0 Å². The first-order valence-corrected chi connectivity index (χ1v) is 7.65. The Hall–Kier alpha value is -2.39. The maximum absolute atomic E-state index is 13.6. The quantitative estimate of drug-likeness (QED) is 0.944. The van der Waals surface area contributed by atoms with Crippen molar-refractivity contribution in [1.29, 1.82) is 5.26 Å². The van der Waals surface area contributed by atoms with Crippen LogP contribution in [0.3, 0.4) is 0 Å². The maximum atomic E-state index is 13.6. The van der Waals surface area contributed by atoms with Gasteiger partial charge in [0.15, 0.2) is 0 Å². The van der Waals surface area contributed by atoms with E-state index in [-0.39, 0.29) is 17.0 Å². The third-order valence-corrected chi connectivity index (χ3v) is 4.26. The summed E-state index contributed by atoms with van der Waals surface area (Å²) >= 11 is 0. The smallest absolute Gasteiger partial charge is 0.261 e. The zero-order valence-electron chi connectivity index (χ0n) is 11.3. The van der Waals surface area contributed by atoms with E-state index in [2.05, 4.69) is 4.72 Å². The number of rotatable bonds is 4. The molecule has 0 spiro atoms. The van der Waals surface area contributed by atoms with E-state index in [1.807, 2.05) is 6.07 Å². The molecule has 0 aromatic heterocycles. The van der Waals surface area contributed by atoms with Crippen LogP contribution in [0.15, 0.2) is 47.4 Å². The lowest BCUT2D eigenvalue weighted by Crippen LogP contribution is -2.14. The summed E-state index contributed by atoms with van der Waals surface area (Å²) in [5.74, 6) is -0.634. The molecule has 0 atom stereocenters. The second-order valence-corrected chi connectivity index (χ2v) is 6.25. The fourth-order valence-corrected chi connectivity index (χ4v) is 2.86. The molecule has 0 amide bonds. The molecule has 1 N–H and O–H groups in total. The van der Waals surface area contributed by atoms with Gasteiger partial charge in [0.1, 0.15) is 5.82 Å². The highest BCUT2D eigenvalue weighted by Gasteiger charge is 2.16. The van der Waals surface area contributed by atoms with E-state index >= 15 is 0 Å². The van der Waals surface area contributed by atoms with Crippen molar-refractivity contribution in [2.45, 2.75) is 18.2 Å². The maximum Gasteiger partial charge on any atom is 0.261 e. The van der Waals surface area contributed by atoms with Gasteiger partial charge in [0.2, 0.25) is 0 Å². The molecule has 0 unspecified atom stereocenters. The summed E-state index contributed by atoms with van der Waals surface area (Å²) in [6.07, 6.45) is 0.209. The predicted octanol–water partition coefficient (Wildman–Crippen LogP) is 3.00. The van der Waals surface area contributed by atoms with Gasteiger partial charge in [-0.2, -0.15) is 5.26 Å². The van der Waals surface area contributed by atoms with Crippen molar-refractivity contribution < 1.29 is 12.8 Å². The summed E-state index contributed by atoms with van der Waals surface area (Å²) in [6, 6.07) is 12.1. The normalized spacial score (nSPS) is 10.9. The van der Waals surface area contributed by atoms with E-state index in [1.165, 1.54) is 24.3 Å². The Morgan fingerprint density at radius 3 is 2.48 bits per heavy atom. The molecule has 0 aliphatic carbocycles. The summed E-state index contributed by atoms with van der Waals surface area (Å²) in [5, 5.41) is 8.58. The topological polar surface area (TPSA) is 70.0 Å². The third kappa shape index (κ3) is 3.58. The van der Waals surface area contributed by atoms with Crippen LogP contribution in [0.5, 0.6) is 0 Å². The average Bonchev–Trinajstić information content (AvgIpc) is 2.44. The molecule has 0 saturated heterocycles. The first kappa shape index (κ1) is 15.0. The van der Waals surface area contributed by atoms with E-state index in [9.17, 15) is 12.8 Å². The van der Waals surface area contributed by atoms with E-state index in [0.29, 0.717) is 0 Å². The second-order valence-electron chi connectivity index (χ2n) is 4.57. The molecule has 0 heterocycles. The van der Waals surface area contributed by atoms with Crippen molar-refractivity contribution in [3.8, 4) is 6.07 Å². The zero-order chi connectivity index (χ0) is 15.5. The number of halogens is 1. The number of nitriles is 1. The van der Waals surface area contributed by atoms with Crippen molar-refractivity contribution in [3.05, 3.63) is 59.4 Å². The molecular formula is C15H13FN2O2S. The third-order valence-electron chi connectivity index (χ3n) is 2.88.